The SMILES string of the molecule is CCC(CC)(CNC(=O)CCCCC(=O)O)c1ccc(Cl)cc1. The Labute approximate surface area is 143 Å². The zero-order chi connectivity index (χ0) is 17.3. The molecule has 0 radical (unpaired) electrons. The highest BCUT2D eigenvalue weighted by Crippen LogP contribution is 2.31. The standard InChI is InChI=1S/C18H26ClNO3/c1-3-18(4-2,14-9-11-15(19)12-10-14)13-20-16(21)7-5-6-8-17(22)23/h9-12H,3-8,13H2,1-2H3,(H,20,21)(H,22,23). The lowest BCUT2D eigenvalue weighted by atomic mass is 9.76. The van der Waals surface area contributed by atoms with Crippen LogP contribution in [0.3, 0.4) is 0 Å². The molecule has 0 aliphatic rings. The number of unbranched alkanes of at least 4 members (excludes halogenated alkanes) is 1. The van der Waals surface area contributed by atoms with Crippen molar-refractivity contribution in [1.82, 2.24) is 5.32 Å². The fraction of sp³-hybridized carbons (Fsp3) is 0.556. The Hall–Kier alpha value is -1.55. The van der Waals surface area contributed by atoms with Gasteiger partial charge in [0.2, 0.25) is 5.91 Å². The molecule has 0 heterocycles. The van der Waals surface area contributed by atoms with Gasteiger partial charge >= 0.3 is 5.97 Å². The van der Waals surface area contributed by atoms with Crippen molar-refractivity contribution in [1.29, 1.82) is 0 Å². The van der Waals surface area contributed by atoms with E-state index in [1.807, 2.05) is 24.3 Å². The Morgan fingerprint density at radius 1 is 1.09 bits per heavy atom. The predicted molar refractivity (Wildman–Crippen MR) is 92.8 cm³/mol. The van der Waals surface area contributed by atoms with Gasteiger partial charge in [0.15, 0.2) is 0 Å². The third-order valence-corrected chi connectivity index (χ3v) is 4.73. The molecule has 0 fully saturated rings. The number of rotatable bonds is 10. The Morgan fingerprint density at radius 2 is 1.65 bits per heavy atom. The lowest BCUT2D eigenvalue weighted by molar-refractivity contribution is -0.137. The third-order valence-electron chi connectivity index (χ3n) is 4.48. The molecular formula is C18H26ClNO3. The third kappa shape index (κ3) is 6.22. The van der Waals surface area contributed by atoms with Crippen molar-refractivity contribution < 1.29 is 14.7 Å². The van der Waals surface area contributed by atoms with Crippen molar-refractivity contribution in [2.24, 2.45) is 0 Å². The number of benzene rings is 1. The number of amides is 1. The van der Waals surface area contributed by atoms with Gasteiger partial charge in [0.05, 0.1) is 0 Å². The molecule has 0 spiro atoms. The topological polar surface area (TPSA) is 66.4 Å². The Balaban J connectivity index is 2.57. The van der Waals surface area contributed by atoms with Gasteiger partial charge in [-0.1, -0.05) is 37.6 Å². The lowest BCUT2D eigenvalue weighted by Crippen LogP contribution is -2.40. The first-order valence-corrected chi connectivity index (χ1v) is 8.56. The molecule has 0 aromatic heterocycles. The van der Waals surface area contributed by atoms with Crippen LogP contribution < -0.4 is 5.32 Å². The van der Waals surface area contributed by atoms with Crippen LogP contribution in [0, 0.1) is 0 Å². The molecule has 0 saturated heterocycles. The maximum Gasteiger partial charge on any atom is 0.303 e. The molecule has 1 rings (SSSR count). The van der Waals surface area contributed by atoms with Gasteiger partial charge in [-0.15, -0.1) is 0 Å². The monoisotopic (exact) mass is 339 g/mol. The summed E-state index contributed by atoms with van der Waals surface area (Å²) < 4.78 is 0. The van der Waals surface area contributed by atoms with Crippen LogP contribution in [-0.4, -0.2) is 23.5 Å². The van der Waals surface area contributed by atoms with Gasteiger partial charge in [-0.05, 0) is 43.4 Å². The van der Waals surface area contributed by atoms with Crippen molar-refractivity contribution >= 4 is 23.5 Å². The van der Waals surface area contributed by atoms with Crippen LogP contribution in [0.5, 0.6) is 0 Å². The second-order valence-corrected chi connectivity index (χ2v) is 6.31. The van der Waals surface area contributed by atoms with Crippen molar-refractivity contribution in [3.8, 4) is 0 Å². The fourth-order valence-electron chi connectivity index (χ4n) is 2.73. The van der Waals surface area contributed by atoms with Crippen LogP contribution in [0.4, 0.5) is 0 Å². The molecule has 1 aromatic carbocycles. The molecule has 0 bridgehead atoms. The Bertz CT molecular complexity index is 510. The summed E-state index contributed by atoms with van der Waals surface area (Å²) in [5.74, 6) is -0.834. The maximum atomic E-state index is 12.0. The minimum Gasteiger partial charge on any atom is -0.481 e. The number of carbonyl (C=O) groups excluding carboxylic acids is 1. The van der Waals surface area contributed by atoms with Crippen LogP contribution in [0.2, 0.25) is 5.02 Å². The number of hydrogen-bond donors (Lipinski definition) is 2. The summed E-state index contributed by atoms with van der Waals surface area (Å²) in [6.45, 7) is 4.83. The van der Waals surface area contributed by atoms with E-state index in [0.29, 0.717) is 30.8 Å². The first-order chi connectivity index (χ1) is 10.9. The lowest BCUT2D eigenvalue weighted by Gasteiger charge is -2.32. The predicted octanol–water partition coefficient (Wildman–Crippen LogP) is 4.16. The minimum absolute atomic E-state index is 0.0179. The summed E-state index contributed by atoms with van der Waals surface area (Å²) in [7, 11) is 0. The van der Waals surface area contributed by atoms with Crippen LogP contribution in [0.1, 0.15) is 57.9 Å². The normalized spacial score (nSPS) is 11.3. The Kier molecular flexibility index (Phi) is 8.10. The number of carbonyl (C=O) groups is 2. The summed E-state index contributed by atoms with van der Waals surface area (Å²) in [5, 5.41) is 12.3. The highest BCUT2D eigenvalue weighted by molar-refractivity contribution is 6.30. The molecule has 2 N–H and O–H groups in total. The molecule has 0 atom stereocenters. The molecule has 23 heavy (non-hydrogen) atoms. The quantitative estimate of drug-likeness (QED) is 0.629. The van der Waals surface area contributed by atoms with Crippen molar-refractivity contribution in [3.05, 3.63) is 34.9 Å². The van der Waals surface area contributed by atoms with Gasteiger partial charge in [-0.2, -0.15) is 0 Å². The minimum atomic E-state index is -0.816. The maximum absolute atomic E-state index is 12.0. The zero-order valence-corrected chi connectivity index (χ0v) is 14.7. The van der Waals surface area contributed by atoms with E-state index < -0.39 is 5.97 Å². The van der Waals surface area contributed by atoms with E-state index >= 15 is 0 Å². The van der Waals surface area contributed by atoms with Gasteiger partial charge in [-0.25, -0.2) is 0 Å². The number of aliphatic carboxylic acids is 1. The molecule has 1 amide bonds. The summed E-state index contributed by atoms with van der Waals surface area (Å²) in [4.78, 5) is 22.4. The largest absolute Gasteiger partial charge is 0.481 e. The number of hydrogen-bond acceptors (Lipinski definition) is 2. The number of halogens is 1. The molecule has 0 aliphatic carbocycles. The summed E-state index contributed by atoms with van der Waals surface area (Å²) in [5.41, 5.74) is 1.08. The van der Waals surface area contributed by atoms with E-state index in [-0.39, 0.29) is 17.7 Å². The zero-order valence-electron chi connectivity index (χ0n) is 13.9. The van der Waals surface area contributed by atoms with Gasteiger partial charge in [-0.3, -0.25) is 9.59 Å². The molecule has 0 saturated carbocycles. The highest BCUT2D eigenvalue weighted by atomic mass is 35.5. The molecule has 1 aromatic rings. The number of nitrogens with one attached hydrogen (secondary N) is 1. The van der Waals surface area contributed by atoms with Gasteiger partial charge < -0.3 is 10.4 Å². The van der Waals surface area contributed by atoms with Crippen molar-refractivity contribution in [2.45, 2.75) is 57.8 Å². The first-order valence-electron chi connectivity index (χ1n) is 8.18. The average Bonchev–Trinajstić information content (AvgIpc) is 2.54. The van der Waals surface area contributed by atoms with Crippen LogP contribution in [-0.2, 0) is 15.0 Å². The molecule has 0 unspecified atom stereocenters. The summed E-state index contributed by atoms with van der Waals surface area (Å²) in [6.07, 6.45) is 3.47. The number of carboxylic acids is 1. The van der Waals surface area contributed by atoms with E-state index in [1.54, 1.807) is 0 Å². The van der Waals surface area contributed by atoms with E-state index in [4.69, 9.17) is 16.7 Å². The number of carboxylic acid groups (broad SMARTS) is 1. The van der Waals surface area contributed by atoms with E-state index in [1.165, 1.54) is 5.56 Å². The molecular weight excluding hydrogens is 314 g/mol. The average molecular weight is 340 g/mol. The van der Waals surface area contributed by atoms with E-state index in [2.05, 4.69) is 19.2 Å². The second kappa shape index (κ2) is 9.56. The van der Waals surface area contributed by atoms with Crippen LogP contribution in [0.25, 0.3) is 0 Å². The first kappa shape index (κ1) is 19.5. The molecule has 5 heteroatoms. The molecule has 0 aliphatic heterocycles. The van der Waals surface area contributed by atoms with Gasteiger partial charge in [0, 0.05) is 29.8 Å². The van der Waals surface area contributed by atoms with Gasteiger partial charge in [0.1, 0.15) is 0 Å². The smallest absolute Gasteiger partial charge is 0.303 e. The molecule has 128 valence electrons. The molecule has 4 nitrogen and oxygen atoms in total. The summed E-state index contributed by atoms with van der Waals surface area (Å²) in [6, 6.07) is 7.80. The van der Waals surface area contributed by atoms with Crippen molar-refractivity contribution in [2.75, 3.05) is 6.54 Å². The van der Waals surface area contributed by atoms with Crippen LogP contribution in [0.15, 0.2) is 24.3 Å². The highest BCUT2D eigenvalue weighted by Gasteiger charge is 2.28. The fourth-order valence-corrected chi connectivity index (χ4v) is 2.86. The Morgan fingerprint density at radius 3 is 2.17 bits per heavy atom. The van der Waals surface area contributed by atoms with E-state index in [0.717, 1.165) is 12.8 Å². The van der Waals surface area contributed by atoms with Gasteiger partial charge in [0.25, 0.3) is 0 Å². The summed E-state index contributed by atoms with van der Waals surface area (Å²) >= 11 is 5.96. The van der Waals surface area contributed by atoms with E-state index in [9.17, 15) is 9.59 Å². The second-order valence-electron chi connectivity index (χ2n) is 5.87. The van der Waals surface area contributed by atoms with Crippen LogP contribution >= 0.6 is 11.6 Å². The van der Waals surface area contributed by atoms with Crippen molar-refractivity contribution in [3.63, 3.8) is 0 Å².